The molecule has 1 aromatic rings. The van der Waals surface area contributed by atoms with Crippen molar-refractivity contribution in [3.05, 3.63) is 17.5 Å². The van der Waals surface area contributed by atoms with E-state index in [2.05, 4.69) is 31.2 Å². The lowest BCUT2D eigenvalue weighted by Crippen LogP contribution is -2.35. The number of aliphatic hydroxyl groups is 2. The molecule has 0 bridgehead atoms. The molecule has 0 aromatic carbocycles. The van der Waals surface area contributed by atoms with Crippen molar-refractivity contribution in [2.45, 2.75) is 38.8 Å². The Hall–Kier alpha value is -0.910. The van der Waals surface area contributed by atoms with Crippen LogP contribution in [0.25, 0.3) is 0 Å². The molecular formula is C12H23N3O2. The van der Waals surface area contributed by atoms with Crippen LogP contribution in [0.3, 0.4) is 0 Å². The molecule has 17 heavy (non-hydrogen) atoms. The molecule has 0 radical (unpaired) electrons. The molecular weight excluding hydrogens is 218 g/mol. The minimum absolute atomic E-state index is 0.00774. The second kappa shape index (κ2) is 5.62. The quantitative estimate of drug-likeness (QED) is 0.687. The first-order chi connectivity index (χ1) is 7.88. The van der Waals surface area contributed by atoms with Crippen molar-refractivity contribution in [3.63, 3.8) is 0 Å². The smallest absolute Gasteiger partial charge is 0.0722 e. The summed E-state index contributed by atoms with van der Waals surface area (Å²) in [6.07, 6.45) is 1.97. The fraction of sp³-hybridized carbons (Fsp3) is 0.750. The summed E-state index contributed by atoms with van der Waals surface area (Å²) in [5, 5.41) is 25.6. The summed E-state index contributed by atoms with van der Waals surface area (Å²) >= 11 is 0. The molecule has 0 aliphatic heterocycles. The van der Waals surface area contributed by atoms with E-state index in [4.69, 9.17) is 10.2 Å². The Balaban J connectivity index is 2.77. The first-order valence-electron chi connectivity index (χ1n) is 5.86. The van der Waals surface area contributed by atoms with Gasteiger partial charge in [-0.05, 0) is 0 Å². The maximum absolute atomic E-state index is 9.00. The highest BCUT2D eigenvalue weighted by Gasteiger charge is 2.21. The van der Waals surface area contributed by atoms with Crippen LogP contribution in [-0.4, -0.2) is 39.2 Å². The third-order valence-corrected chi connectivity index (χ3v) is 2.64. The van der Waals surface area contributed by atoms with Gasteiger partial charge in [0.05, 0.1) is 24.9 Å². The van der Waals surface area contributed by atoms with E-state index in [9.17, 15) is 0 Å². The minimum Gasteiger partial charge on any atom is -0.395 e. The lowest BCUT2D eigenvalue weighted by molar-refractivity contribution is 0.170. The Morgan fingerprint density at radius 1 is 1.35 bits per heavy atom. The zero-order valence-electron chi connectivity index (χ0n) is 11.1. The zero-order chi connectivity index (χ0) is 13.1. The molecule has 1 aromatic heterocycles. The largest absolute Gasteiger partial charge is 0.395 e. The summed E-state index contributed by atoms with van der Waals surface area (Å²) in [5.74, 6) is 0. The van der Waals surface area contributed by atoms with Gasteiger partial charge in [0, 0.05) is 30.8 Å². The van der Waals surface area contributed by atoms with Gasteiger partial charge in [-0.1, -0.05) is 20.8 Å². The van der Waals surface area contributed by atoms with Gasteiger partial charge in [-0.2, -0.15) is 5.10 Å². The molecule has 98 valence electrons. The number of rotatable bonds is 5. The fourth-order valence-electron chi connectivity index (χ4n) is 1.74. The SMILES string of the molecule is Cn1cc(CNC(CO)CO)c(C(C)(C)C)n1. The van der Waals surface area contributed by atoms with Gasteiger partial charge in [0.1, 0.15) is 0 Å². The molecule has 0 spiro atoms. The Morgan fingerprint density at radius 3 is 2.41 bits per heavy atom. The van der Waals surface area contributed by atoms with Gasteiger partial charge < -0.3 is 15.5 Å². The number of aliphatic hydroxyl groups excluding tert-OH is 2. The van der Waals surface area contributed by atoms with Crippen LogP contribution in [0.1, 0.15) is 32.0 Å². The number of nitrogens with one attached hydrogen (secondary N) is 1. The molecule has 0 saturated carbocycles. The first-order valence-corrected chi connectivity index (χ1v) is 5.86. The van der Waals surface area contributed by atoms with Gasteiger partial charge in [-0.25, -0.2) is 0 Å². The van der Waals surface area contributed by atoms with E-state index in [1.165, 1.54) is 0 Å². The van der Waals surface area contributed by atoms with Gasteiger partial charge >= 0.3 is 0 Å². The van der Waals surface area contributed by atoms with E-state index in [0.717, 1.165) is 11.3 Å². The van der Waals surface area contributed by atoms with Crippen molar-refractivity contribution >= 4 is 0 Å². The summed E-state index contributed by atoms with van der Waals surface area (Å²) in [5.41, 5.74) is 2.14. The van der Waals surface area contributed by atoms with Crippen LogP contribution in [0.2, 0.25) is 0 Å². The van der Waals surface area contributed by atoms with Crippen LogP contribution in [0.5, 0.6) is 0 Å². The predicted molar refractivity (Wildman–Crippen MR) is 66.7 cm³/mol. The molecule has 3 N–H and O–H groups in total. The average molecular weight is 241 g/mol. The van der Waals surface area contributed by atoms with Gasteiger partial charge in [-0.3, -0.25) is 4.68 Å². The third kappa shape index (κ3) is 3.80. The molecule has 0 aliphatic carbocycles. The lowest BCUT2D eigenvalue weighted by atomic mass is 9.89. The Morgan fingerprint density at radius 2 is 1.94 bits per heavy atom. The number of hydrogen-bond donors (Lipinski definition) is 3. The van der Waals surface area contributed by atoms with Gasteiger partial charge in [0.15, 0.2) is 0 Å². The van der Waals surface area contributed by atoms with E-state index in [1.807, 2.05) is 13.2 Å². The highest BCUT2D eigenvalue weighted by Crippen LogP contribution is 2.23. The van der Waals surface area contributed by atoms with Crippen LogP contribution in [0.4, 0.5) is 0 Å². The van der Waals surface area contributed by atoms with E-state index in [1.54, 1.807) is 4.68 Å². The van der Waals surface area contributed by atoms with Gasteiger partial charge in [-0.15, -0.1) is 0 Å². The Bertz CT molecular complexity index is 351. The topological polar surface area (TPSA) is 70.3 Å². The monoisotopic (exact) mass is 241 g/mol. The zero-order valence-corrected chi connectivity index (χ0v) is 11.1. The number of hydrogen-bond acceptors (Lipinski definition) is 4. The normalized spacial score (nSPS) is 12.4. The first kappa shape index (κ1) is 14.2. The molecule has 1 heterocycles. The highest BCUT2D eigenvalue weighted by molar-refractivity contribution is 5.23. The van der Waals surface area contributed by atoms with Crippen molar-refractivity contribution in [1.82, 2.24) is 15.1 Å². The summed E-state index contributed by atoms with van der Waals surface area (Å²) in [4.78, 5) is 0. The second-order valence-electron chi connectivity index (χ2n) is 5.37. The molecule has 0 saturated heterocycles. The molecule has 5 heteroatoms. The minimum atomic E-state index is -0.275. The van der Waals surface area contributed by atoms with Crippen molar-refractivity contribution < 1.29 is 10.2 Å². The summed E-state index contributed by atoms with van der Waals surface area (Å²) in [7, 11) is 1.90. The highest BCUT2D eigenvalue weighted by atomic mass is 16.3. The van der Waals surface area contributed by atoms with E-state index >= 15 is 0 Å². The fourth-order valence-corrected chi connectivity index (χ4v) is 1.74. The summed E-state index contributed by atoms with van der Waals surface area (Å²) in [6, 6.07) is -0.275. The Labute approximate surface area is 102 Å². The second-order valence-corrected chi connectivity index (χ2v) is 5.37. The molecule has 1 rings (SSSR count). The standard InChI is InChI=1S/C12H23N3O2/c1-12(2,3)11-9(6-15(4)14-11)5-13-10(7-16)8-17/h6,10,13,16-17H,5,7-8H2,1-4H3. The maximum Gasteiger partial charge on any atom is 0.0722 e. The van der Waals surface area contributed by atoms with Crippen molar-refractivity contribution in [1.29, 1.82) is 0 Å². The third-order valence-electron chi connectivity index (χ3n) is 2.64. The average Bonchev–Trinajstić information content (AvgIpc) is 2.61. The molecule has 0 unspecified atom stereocenters. The Kier molecular flexibility index (Phi) is 4.68. The van der Waals surface area contributed by atoms with Gasteiger partial charge in [0.25, 0.3) is 0 Å². The number of aryl methyl sites for hydroxylation is 1. The maximum atomic E-state index is 9.00. The van der Waals surface area contributed by atoms with Crippen molar-refractivity contribution in [2.24, 2.45) is 7.05 Å². The molecule has 0 aliphatic rings. The van der Waals surface area contributed by atoms with Crippen LogP contribution in [-0.2, 0) is 19.0 Å². The number of nitrogens with zero attached hydrogens (tertiary/aromatic N) is 2. The van der Waals surface area contributed by atoms with Crippen molar-refractivity contribution in [2.75, 3.05) is 13.2 Å². The molecule has 0 amide bonds. The predicted octanol–water partition coefficient (Wildman–Crippen LogP) is 0.160. The van der Waals surface area contributed by atoms with E-state index in [0.29, 0.717) is 6.54 Å². The summed E-state index contributed by atoms with van der Waals surface area (Å²) < 4.78 is 1.80. The lowest BCUT2D eigenvalue weighted by Gasteiger charge is -2.19. The van der Waals surface area contributed by atoms with Crippen LogP contribution < -0.4 is 5.32 Å². The van der Waals surface area contributed by atoms with Crippen LogP contribution >= 0.6 is 0 Å². The van der Waals surface area contributed by atoms with Crippen LogP contribution in [0.15, 0.2) is 6.20 Å². The van der Waals surface area contributed by atoms with E-state index in [-0.39, 0.29) is 24.7 Å². The molecule has 0 fully saturated rings. The van der Waals surface area contributed by atoms with E-state index < -0.39 is 0 Å². The van der Waals surface area contributed by atoms with Gasteiger partial charge in [0.2, 0.25) is 0 Å². The molecule has 5 nitrogen and oxygen atoms in total. The number of aromatic nitrogens is 2. The van der Waals surface area contributed by atoms with Crippen molar-refractivity contribution in [3.8, 4) is 0 Å². The van der Waals surface area contributed by atoms with Crippen LogP contribution in [0, 0.1) is 0 Å². The summed E-state index contributed by atoms with van der Waals surface area (Å²) in [6.45, 7) is 6.83. The molecule has 0 atom stereocenters.